The number of hydrogen-bond donors (Lipinski definition) is 0. The van der Waals surface area contributed by atoms with Crippen LogP contribution in [-0.2, 0) is 0 Å². The van der Waals surface area contributed by atoms with Gasteiger partial charge >= 0.3 is 0 Å². The predicted octanol–water partition coefficient (Wildman–Crippen LogP) is 3.85. The van der Waals surface area contributed by atoms with E-state index in [2.05, 4.69) is 6.07 Å². The molecule has 15 heavy (non-hydrogen) atoms. The lowest BCUT2D eigenvalue weighted by atomic mass is 9.99. The van der Waals surface area contributed by atoms with E-state index in [4.69, 9.17) is 0 Å². The summed E-state index contributed by atoms with van der Waals surface area (Å²) in [7, 11) is 0. The van der Waals surface area contributed by atoms with E-state index in [-0.39, 0.29) is 0 Å². The Bertz CT molecular complexity index is 434. The van der Waals surface area contributed by atoms with E-state index in [1.54, 1.807) is 12.1 Å². The standard InChI is InChI=1S/C14H12F/c1-11-7-5-6-10-13(11)14(15)12-8-3-2-4-9-12/h2-8,10,14H,1H3. The highest BCUT2D eigenvalue weighted by Gasteiger charge is 2.13. The average Bonchev–Trinajstić information content (AvgIpc) is 2.30. The van der Waals surface area contributed by atoms with Crippen LogP contribution in [0.3, 0.4) is 0 Å². The van der Waals surface area contributed by atoms with Gasteiger partial charge in [-0.15, -0.1) is 0 Å². The van der Waals surface area contributed by atoms with Crippen molar-refractivity contribution in [3.05, 3.63) is 71.3 Å². The molecule has 0 fully saturated rings. The molecule has 2 aromatic rings. The predicted molar refractivity (Wildman–Crippen MR) is 59.4 cm³/mol. The zero-order valence-corrected chi connectivity index (χ0v) is 8.57. The molecule has 2 aromatic carbocycles. The molecule has 0 saturated heterocycles. The van der Waals surface area contributed by atoms with Gasteiger partial charge in [0.05, 0.1) is 0 Å². The molecule has 1 unspecified atom stereocenters. The van der Waals surface area contributed by atoms with Gasteiger partial charge in [0.1, 0.15) is 0 Å². The second-order valence-electron chi connectivity index (χ2n) is 3.54. The Labute approximate surface area is 89.4 Å². The van der Waals surface area contributed by atoms with Crippen LogP contribution in [0.5, 0.6) is 0 Å². The van der Waals surface area contributed by atoms with Gasteiger partial charge in [-0.05, 0) is 29.7 Å². The Balaban J connectivity index is 2.37. The Morgan fingerprint density at radius 3 is 2.47 bits per heavy atom. The molecule has 0 aliphatic carbocycles. The molecule has 0 spiro atoms. The monoisotopic (exact) mass is 199 g/mol. The highest BCUT2D eigenvalue weighted by molar-refractivity contribution is 5.34. The van der Waals surface area contributed by atoms with Crippen LogP contribution < -0.4 is 0 Å². The van der Waals surface area contributed by atoms with Crippen molar-refractivity contribution in [1.29, 1.82) is 0 Å². The summed E-state index contributed by atoms with van der Waals surface area (Å²) in [5.41, 5.74) is 2.29. The lowest BCUT2D eigenvalue weighted by molar-refractivity contribution is 0.400. The number of aryl methyl sites for hydroxylation is 1. The van der Waals surface area contributed by atoms with Gasteiger partial charge < -0.3 is 0 Å². The Hall–Kier alpha value is -1.63. The van der Waals surface area contributed by atoms with Crippen molar-refractivity contribution in [2.75, 3.05) is 0 Å². The molecule has 0 nitrogen and oxygen atoms in total. The third kappa shape index (κ3) is 2.07. The average molecular weight is 199 g/mol. The number of alkyl halides is 1. The SMILES string of the molecule is Cc1ccccc1C(F)c1[c]cccc1. The Kier molecular flexibility index (Phi) is 2.82. The van der Waals surface area contributed by atoms with Crippen LogP contribution in [0.1, 0.15) is 22.9 Å². The fraction of sp³-hybridized carbons (Fsp3) is 0.143. The lowest BCUT2D eigenvalue weighted by Crippen LogP contribution is -1.96. The van der Waals surface area contributed by atoms with Crippen LogP contribution in [0, 0.1) is 13.0 Å². The minimum atomic E-state index is -1.08. The van der Waals surface area contributed by atoms with Crippen LogP contribution in [0.4, 0.5) is 4.39 Å². The summed E-state index contributed by atoms with van der Waals surface area (Å²) in [4.78, 5) is 0. The molecular formula is C14H12F. The number of hydrogen-bond acceptors (Lipinski definition) is 0. The largest absolute Gasteiger partial charge is 0.237 e. The molecular weight excluding hydrogens is 187 g/mol. The molecule has 0 aliphatic rings. The van der Waals surface area contributed by atoms with E-state index in [9.17, 15) is 4.39 Å². The van der Waals surface area contributed by atoms with Gasteiger partial charge in [0.25, 0.3) is 0 Å². The molecule has 0 bridgehead atoms. The minimum absolute atomic E-state index is 0.590. The van der Waals surface area contributed by atoms with Gasteiger partial charge in [-0.1, -0.05) is 48.5 Å². The molecule has 0 N–H and O–H groups in total. The summed E-state index contributed by atoms with van der Waals surface area (Å²) in [5, 5.41) is 0. The molecule has 2 rings (SSSR count). The van der Waals surface area contributed by atoms with E-state index in [0.717, 1.165) is 11.1 Å². The normalized spacial score (nSPS) is 12.4. The fourth-order valence-corrected chi connectivity index (χ4v) is 1.60. The van der Waals surface area contributed by atoms with Gasteiger partial charge in [0.15, 0.2) is 6.17 Å². The molecule has 1 heteroatoms. The van der Waals surface area contributed by atoms with Gasteiger partial charge in [-0.25, -0.2) is 4.39 Å². The smallest absolute Gasteiger partial charge is 0.151 e. The van der Waals surface area contributed by atoms with Crippen LogP contribution in [0.2, 0.25) is 0 Å². The maximum atomic E-state index is 14.1. The molecule has 1 atom stereocenters. The van der Waals surface area contributed by atoms with Gasteiger partial charge in [-0.3, -0.25) is 0 Å². The summed E-state index contributed by atoms with van der Waals surface area (Å²) < 4.78 is 14.1. The van der Waals surface area contributed by atoms with E-state index in [0.29, 0.717) is 5.56 Å². The van der Waals surface area contributed by atoms with Crippen molar-refractivity contribution in [2.45, 2.75) is 13.1 Å². The van der Waals surface area contributed by atoms with Crippen LogP contribution >= 0.6 is 0 Å². The van der Waals surface area contributed by atoms with E-state index in [1.807, 2.05) is 43.3 Å². The summed E-state index contributed by atoms with van der Waals surface area (Å²) in [6.07, 6.45) is -1.08. The van der Waals surface area contributed by atoms with Crippen molar-refractivity contribution >= 4 is 0 Å². The van der Waals surface area contributed by atoms with Crippen molar-refractivity contribution < 1.29 is 4.39 Å². The van der Waals surface area contributed by atoms with Crippen LogP contribution in [0.25, 0.3) is 0 Å². The highest BCUT2D eigenvalue weighted by Crippen LogP contribution is 2.27. The molecule has 0 heterocycles. The first-order valence-electron chi connectivity index (χ1n) is 4.95. The summed E-state index contributed by atoms with van der Waals surface area (Å²) in [6, 6.07) is 17.6. The zero-order chi connectivity index (χ0) is 10.7. The van der Waals surface area contributed by atoms with Crippen LogP contribution in [0.15, 0.2) is 48.5 Å². The Morgan fingerprint density at radius 2 is 1.80 bits per heavy atom. The third-order valence-corrected chi connectivity index (χ3v) is 2.47. The maximum Gasteiger partial charge on any atom is 0.151 e. The highest BCUT2D eigenvalue weighted by atomic mass is 19.1. The maximum absolute atomic E-state index is 14.1. The fourth-order valence-electron chi connectivity index (χ4n) is 1.60. The molecule has 0 aromatic heterocycles. The summed E-state index contributed by atoms with van der Waals surface area (Å²) >= 11 is 0. The first kappa shape index (κ1) is 9.91. The van der Waals surface area contributed by atoms with Gasteiger partial charge in [0.2, 0.25) is 0 Å². The molecule has 1 radical (unpaired) electrons. The summed E-state index contributed by atoms with van der Waals surface area (Å²) in [5.74, 6) is 0. The van der Waals surface area contributed by atoms with Gasteiger partial charge in [-0.2, -0.15) is 0 Å². The topological polar surface area (TPSA) is 0 Å². The van der Waals surface area contributed by atoms with Crippen molar-refractivity contribution in [3.63, 3.8) is 0 Å². The van der Waals surface area contributed by atoms with Crippen molar-refractivity contribution in [1.82, 2.24) is 0 Å². The second kappa shape index (κ2) is 4.26. The minimum Gasteiger partial charge on any atom is -0.237 e. The number of halogens is 1. The third-order valence-electron chi connectivity index (χ3n) is 2.47. The Morgan fingerprint density at radius 1 is 1.07 bits per heavy atom. The van der Waals surface area contributed by atoms with Crippen LogP contribution in [-0.4, -0.2) is 0 Å². The lowest BCUT2D eigenvalue weighted by Gasteiger charge is -2.10. The van der Waals surface area contributed by atoms with Crippen molar-refractivity contribution in [3.8, 4) is 0 Å². The molecule has 0 amide bonds. The first-order valence-corrected chi connectivity index (χ1v) is 4.95. The second-order valence-corrected chi connectivity index (χ2v) is 3.54. The van der Waals surface area contributed by atoms with Gasteiger partial charge in [0, 0.05) is 0 Å². The molecule has 0 saturated carbocycles. The van der Waals surface area contributed by atoms with E-state index >= 15 is 0 Å². The van der Waals surface area contributed by atoms with Crippen molar-refractivity contribution in [2.24, 2.45) is 0 Å². The number of rotatable bonds is 2. The zero-order valence-electron chi connectivity index (χ0n) is 8.57. The summed E-state index contributed by atoms with van der Waals surface area (Å²) in [6.45, 7) is 1.92. The quantitative estimate of drug-likeness (QED) is 0.689. The van der Waals surface area contributed by atoms with E-state index in [1.165, 1.54) is 0 Å². The molecule has 0 aliphatic heterocycles. The first-order chi connectivity index (χ1) is 7.29. The van der Waals surface area contributed by atoms with E-state index < -0.39 is 6.17 Å². The number of benzene rings is 2. The molecule has 75 valence electrons.